The lowest BCUT2D eigenvalue weighted by atomic mass is 9.55. The van der Waals surface area contributed by atoms with Gasteiger partial charge in [0.05, 0.1) is 11.1 Å². The summed E-state index contributed by atoms with van der Waals surface area (Å²) in [6, 6.07) is 19.9. The van der Waals surface area contributed by atoms with Gasteiger partial charge in [-0.25, -0.2) is 4.39 Å². The molecule has 0 aromatic heterocycles. The minimum absolute atomic E-state index is 0.111. The van der Waals surface area contributed by atoms with Crippen molar-refractivity contribution in [3.05, 3.63) is 128 Å². The van der Waals surface area contributed by atoms with Crippen molar-refractivity contribution in [1.29, 1.82) is 0 Å². The molecule has 5 aliphatic rings. The van der Waals surface area contributed by atoms with Crippen LogP contribution in [0, 0.1) is 17.7 Å². The molecule has 63 heavy (non-hydrogen) atoms. The van der Waals surface area contributed by atoms with Gasteiger partial charge >= 0.3 is 0 Å². The zero-order valence-electron chi connectivity index (χ0n) is 34.0. The summed E-state index contributed by atoms with van der Waals surface area (Å²) in [7, 11) is 0. The van der Waals surface area contributed by atoms with Crippen molar-refractivity contribution in [3.63, 3.8) is 0 Å². The van der Waals surface area contributed by atoms with Gasteiger partial charge in [-0.3, -0.25) is 39.4 Å². The Bertz CT molecular complexity index is 2660. The highest BCUT2D eigenvalue weighted by atomic mass is 35.5. The maximum atomic E-state index is 16.2. The second-order valence-electron chi connectivity index (χ2n) is 16.8. The predicted octanol–water partition coefficient (Wildman–Crippen LogP) is 6.74. The molecule has 5 N–H and O–H groups in total. The number of imide groups is 1. The van der Waals surface area contributed by atoms with E-state index in [1.807, 2.05) is 12.1 Å². The fourth-order valence-corrected chi connectivity index (χ4v) is 10.8. The molecule has 4 aromatic carbocycles. The van der Waals surface area contributed by atoms with Crippen molar-refractivity contribution < 1.29 is 33.2 Å². The Hall–Kier alpha value is -6.07. The number of hydrogen-bond acceptors (Lipinski definition) is 7. The van der Waals surface area contributed by atoms with E-state index >= 15 is 4.39 Å². The number of anilines is 2. The monoisotopic (exact) mass is 888 g/mol. The number of carbonyl (C=O) groups is 6. The summed E-state index contributed by atoms with van der Waals surface area (Å²) in [5, 5.41) is 15.2. The van der Waals surface area contributed by atoms with E-state index in [0.29, 0.717) is 71.7 Å². The largest absolute Gasteiger partial charge is 0.352 e. The molecule has 0 radical (unpaired) electrons. The molecule has 15 heteroatoms. The molecule has 4 heterocycles. The maximum Gasteiger partial charge on any atom is 0.255 e. The first-order valence-corrected chi connectivity index (χ1v) is 21.9. The highest BCUT2D eigenvalue weighted by Crippen LogP contribution is 2.63. The van der Waals surface area contributed by atoms with Crippen LogP contribution in [0.2, 0.25) is 10.0 Å². The first kappa shape index (κ1) is 42.2. The first-order chi connectivity index (χ1) is 30.4. The zero-order chi connectivity index (χ0) is 44.0. The Morgan fingerprint density at radius 3 is 2.49 bits per heavy atom. The lowest BCUT2D eigenvalue weighted by molar-refractivity contribution is -0.137. The van der Waals surface area contributed by atoms with Gasteiger partial charge in [0.15, 0.2) is 0 Å². The lowest BCUT2D eigenvalue weighted by Crippen LogP contribution is -2.60. The van der Waals surface area contributed by atoms with Crippen LogP contribution in [-0.4, -0.2) is 64.5 Å². The van der Waals surface area contributed by atoms with Crippen molar-refractivity contribution in [3.8, 4) is 11.8 Å². The Labute approximate surface area is 373 Å². The van der Waals surface area contributed by atoms with Crippen molar-refractivity contribution in [1.82, 2.24) is 20.9 Å². The van der Waals surface area contributed by atoms with Crippen LogP contribution in [0.4, 0.5) is 15.8 Å². The number of amides is 6. The number of rotatable bonds is 8. The van der Waals surface area contributed by atoms with Crippen LogP contribution in [0.3, 0.4) is 0 Å². The number of fused-ring (bicyclic) bond motifs is 4. The number of nitrogens with zero attached hydrogens (tertiary/aromatic N) is 1. The van der Waals surface area contributed by atoms with E-state index < -0.39 is 46.6 Å². The summed E-state index contributed by atoms with van der Waals surface area (Å²) in [5.41, 5.74) is 1.94. The van der Waals surface area contributed by atoms with E-state index in [1.54, 1.807) is 60.7 Å². The number of hydrogen-bond donors (Lipinski definition) is 5. The second-order valence-corrected chi connectivity index (χ2v) is 17.7. The molecule has 12 nitrogen and oxygen atoms in total. The molecule has 3 fully saturated rings. The molecule has 1 saturated carbocycles. The minimum atomic E-state index is -1.36. The number of halogens is 3. The number of piperidine rings is 1. The smallest absolute Gasteiger partial charge is 0.255 e. The fraction of sp³-hybridized carbons (Fsp3) is 0.333. The summed E-state index contributed by atoms with van der Waals surface area (Å²) in [6.07, 6.45) is 5.35. The van der Waals surface area contributed by atoms with Gasteiger partial charge in [0.1, 0.15) is 17.3 Å². The van der Waals surface area contributed by atoms with Crippen molar-refractivity contribution >= 4 is 70.0 Å². The summed E-state index contributed by atoms with van der Waals surface area (Å²) >= 11 is 12.8. The van der Waals surface area contributed by atoms with Crippen LogP contribution in [0.15, 0.2) is 78.9 Å². The van der Waals surface area contributed by atoms with E-state index in [-0.39, 0.29) is 47.2 Å². The highest BCUT2D eigenvalue weighted by Gasteiger charge is 2.72. The molecule has 2 spiro atoms. The number of carbonyl (C=O) groups excluding carboxylic acids is 6. The number of nitrogens with one attached hydrogen (secondary N) is 5. The van der Waals surface area contributed by atoms with Gasteiger partial charge < -0.3 is 20.9 Å². The molecule has 1 aliphatic carbocycles. The van der Waals surface area contributed by atoms with Crippen molar-refractivity contribution in [2.45, 2.75) is 93.3 Å². The van der Waals surface area contributed by atoms with Crippen LogP contribution in [0.1, 0.15) is 107 Å². The third-order valence-corrected chi connectivity index (χ3v) is 13.8. The maximum absolute atomic E-state index is 16.2. The van der Waals surface area contributed by atoms with Gasteiger partial charge in [-0.2, -0.15) is 0 Å². The Balaban J connectivity index is 0.845. The molecular weight excluding hydrogens is 846 g/mol. The second kappa shape index (κ2) is 16.9. The van der Waals surface area contributed by atoms with E-state index in [4.69, 9.17) is 23.2 Å². The topological polar surface area (TPSA) is 166 Å². The fourth-order valence-electron chi connectivity index (χ4n) is 10.4. The van der Waals surface area contributed by atoms with E-state index in [2.05, 4.69) is 38.4 Å². The SMILES string of the molecule is O=C1CCC(N2Cc3cc(C#CCCCNC(=O)c4ccc(NC(=O)[C@@H]5NC6(CCCCC6)[C@@]6(C(=O)Nc7cc(Cl)ccc76)[C@H]5c5cccc(Cl)c5F)cc4)ccc3C2=O)C(=O)N1. The van der Waals surface area contributed by atoms with E-state index in [1.165, 1.54) is 11.0 Å². The minimum Gasteiger partial charge on any atom is -0.352 e. The molecular formula is C48H43Cl2FN6O6. The van der Waals surface area contributed by atoms with Crippen LogP contribution in [0.25, 0.3) is 0 Å². The average Bonchev–Trinajstić information content (AvgIpc) is 3.86. The Kier molecular flexibility index (Phi) is 11.3. The predicted molar refractivity (Wildman–Crippen MR) is 235 cm³/mol. The van der Waals surface area contributed by atoms with Crippen LogP contribution < -0.4 is 26.6 Å². The summed E-state index contributed by atoms with van der Waals surface area (Å²) in [5.74, 6) is 2.44. The molecule has 1 unspecified atom stereocenters. The normalized spacial score (nSPS) is 23.2. The van der Waals surface area contributed by atoms with E-state index in [0.717, 1.165) is 30.4 Å². The van der Waals surface area contributed by atoms with E-state index in [9.17, 15) is 28.8 Å². The van der Waals surface area contributed by atoms with Gasteiger partial charge in [0.25, 0.3) is 11.8 Å². The quantitative estimate of drug-likeness (QED) is 0.0743. The van der Waals surface area contributed by atoms with Crippen molar-refractivity contribution in [2.24, 2.45) is 0 Å². The molecule has 0 bridgehead atoms. The molecule has 4 atom stereocenters. The molecule has 9 rings (SSSR count). The van der Waals surface area contributed by atoms with Crippen molar-refractivity contribution in [2.75, 3.05) is 17.2 Å². The van der Waals surface area contributed by atoms with Gasteiger partial charge in [-0.1, -0.05) is 72.5 Å². The zero-order valence-corrected chi connectivity index (χ0v) is 35.6. The summed E-state index contributed by atoms with van der Waals surface area (Å²) in [4.78, 5) is 80.6. The average molecular weight is 890 g/mol. The third kappa shape index (κ3) is 7.43. The summed E-state index contributed by atoms with van der Waals surface area (Å²) in [6.45, 7) is 0.638. The van der Waals surface area contributed by atoms with Gasteiger partial charge in [0, 0.05) is 70.5 Å². The van der Waals surface area contributed by atoms with Crippen LogP contribution >= 0.6 is 23.2 Å². The first-order valence-electron chi connectivity index (χ1n) is 21.2. The number of benzene rings is 4. The van der Waals surface area contributed by atoms with Gasteiger partial charge in [0.2, 0.25) is 23.6 Å². The molecule has 6 amide bonds. The standard InChI is InChI=1S/C48H43Cl2FN6O6/c49-30-14-18-34-36(25-30)54-46(63)48(34)39(33-9-7-10-35(50)40(33)51)41(56-47(48)21-4-2-5-22-47)44(61)53-31-15-12-28(13-16-31)42(59)52-23-6-1-3-8-27-11-17-32-29(24-27)26-57(45(32)62)37-19-20-38(58)55-43(37)60/h7,9-18,24-25,37,39,41,56H,1-2,4-6,19-23,26H2,(H,52,59)(H,53,61)(H,54,63)(H,55,58,60)/t37?,39-,41+,48+/m0/s1. The Morgan fingerprint density at radius 1 is 0.921 bits per heavy atom. The summed E-state index contributed by atoms with van der Waals surface area (Å²) < 4.78 is 16.2. The van der Waals surface area contributed by atoms with Crippen LogP contribution in [0.5, 0.6) is 0 Å². The molecule has 4 aromatic rings. The lowest BCUT2D eigenvalue weighted by Gasteiger charge is -2.47. The molecule has 322 valence electrons. The Morgan fingerprint density at radius 2 is 1.71 bits per heavy atom. The van der Waals surface area contributed by atoms with Gasteiger partial charge in [-0.05, 0) is 103 Å². The highest BCUT2D eigenvalue weighted by molar-refractivity contribution is 6.31. The third-order valence-electron chi connectivity index (χ3n) is 13.2. The van der Waals surface area contributed by atoms with Crippen LogP contribution in [-0.2, 0) is 31.1 Å². The number of unbranched alkanes of at least 4 members (excludes halogenated alkanes) is 1. The molecule has 2 saturated heterocycles. The van der Waals surface area contributed by atoms with Gasteiger partial charge in [-0.15, -0.1) is 0 Å². The molecule has 4 aliphatic heterocycles.